The summed E-state index contributed by atoms with van der Waals surface area (Å²) in [6.45, 7) is 0. The molecule has 1 heterocycles. The maximum atomic E-state index is 5.98. The van der Waals surface area contributed by atoms with Crippen LogP contribution in [0.25, 0.3) is 22.0 Å². The van der Waals surface area contributed by atoms with Gasteiger partial charge in [0.2, 0.25) is 0 Å². The van der Waals surface area contributed by atoms with Gasteiger partial charge in [0.1, 0.15) is 0 Å². The van der Waals surface area contributed by atoms with Crippen molar-refractivity contribution >= 4 is 16.5 Å². The van der Waals surface area contributed by atoms with Crippen LogP contribution in [0.1, 0.15) is 0 Å². The smallest absolute Gasteiger partial charge is 0.0914 e. The molecule has 0 unspecified atom stereocenters. The van der Waals surface area contributed by atoms with Crippen LogP contribution < -0.4 is 5.73 Å². The number of nitrogen functional groups attached to an aromatic ring is 1. The topological polar surface area (TPSA) is 43.8 Å². The molecule has 2 aromatic carbocycles. The zero-order valence-corrected chi connectivity index (χ0v) is 9.59. The molecule has 0 saturated heterocycles. The number of aryl methyl sites for hydroxylation is 1. The largest absolute Gasteiger partial charge is 0.396 e. The van der Waals surface area contributed by atoms with Crippen LogP contribution in [0.2, 0.25) is 0 Å². The first kappa shape index (κ1) is 9.90. The molecule has 0 bridgehead atoms. The third kappa shape index (κ3) is 1.47. The Bertz CT molecular complexity index is 658. The van der Waals surface area contributed by atoms with Crippen molar-refractivity contribution in [3.05, 3.63) is 48.7 Å². The van der Waals surface area contributed by atoms with E-state index in [-0.39, 0.29) is 0 Å². The standard InChI is InChI=1S/C14H13N3/c1-17-14(13(15)9-16-17)12-8-4-6-10-5-2-3-7-11(10)12/h2-9H,15H2,1H3. The van der Waals surface area contributed by atoms with Crippen molar-refractivity contribution in [2.45, 2.75) is 0 Å². The number of aromatic nitrogens is 2. The van der Waals surface area contributed by atoms with Crippen LogP contribution in [-0.2, 0) is 7.05 Å². The predicted molar refractivity (Wildman–Crippen MR) is 70.6 cm³/mol. The molecule has 0 radical (unpaired) electrons. The van der Waals surface area contributed by atoms with Crippen molar-refractivity contribution < 1.29 is 0 Å². The van der Waals surface area contributed by atoms with Crippen molar-refractivity contribution in [2.75, 3.05) is 5.73 Å². The van der Waals surface area contributed by atoms with Crippen molar-refractivity contribution in [1.82, 2.24) is 9.78 Å². The van der Waals surface area contributed by atoms with E-state index in [0.717, 1.165) is 11.3 Å². The van der Waals surface area contributed by atoms with Gasteiger partial charge in [-0.1, -0.05) is 42.5 Å². The number of nitrogens with two attached hydrogens (primary N) is 1. The van der Waals surface area contributed by atoms with Gasteiger partial charge >= 0.3 is 0 Å². The molecule has 0 atom stereocenters. The fourth-order valence-corrected chi connectivity index (χ4v) is 2.22. The third-order valence-electron chi connectivity index (χ3n) is 3.01. The quantitative estimate of drug-likeness (QED) is 0.689. The number of hydrogen-bond acceptors (Lipinski definition) is 2. The Morgan fingerprint density at radius 3 is 2.59 bits per heavy atom. The van der Waals surface area contributed by atoms with E-state index in [0.29, 0.717) is 5.69 Å². The third-order valence-corrected chi connectivity index (χ3v) is 3.01. The lowest BCUT2D eigenvalue weighted by Crippen LogP contribution is -1.96. The van der Waals surface area contributed by atoms with Crippen molar-refractivity contribution in [3.8, 4) is 11.3 Å². The highest BCUT2D eigenvalue weighted by Gasteiger charge is 2.10. The normalized spacial score (nSPS) is 10.9. The molecule has 84 valence electrons. The fraction of sp³-hybridized carbons (Fsp3) is 0.0714. The summed E-state index contributed by atoms with van der Waals surface area (Å²) >= 11 is 0. The van der Waals surface area contributed by atoms with E-state index in [4.69, 9.17) is 5.73 Å². The second kappa shape index (κ2) is 3.63. The second-order valence-electron chi connectivity index (χ2n) is 4.10. The van der Waals surface area contributed by atoms with Crippen LogP contribution in [0.4, 0.5) is 5.69 Å². The first-order chi connectivity index (χ1) is 8.27. The second-order valence-corrected chi connectivity index (χ2v) is 4.10. The maximum Gasteiger partial charge on any atom is 0.0914 e. The van der Waals surface area contributed by atoms with E-state index in [1.807, 2.05) is 29.9 Å². The van der Waals surface area contributed by atoms with Crippen LogP contribution in [-0.4, -0.2) is 9.78 Å². The minimum Gasteiger partial charge on any atom is -0.396 e. The van der Waals surface area contributed by atoms with Gasteiger partial charge in [-0.2, -0.15) is 5.10 Å². The molecule has 3 heteroatoms. The van der Waals surface area contributed by atoms with Gasteiger partial charge in [-0.15, -0.1) is 0 Å². The van der Waals surface area contributed by atoms with E-state index in [1.54, 1.807) is 6.20 Å². The molecule has 1 aromatic heterocycles. The molecule has 17 heavy (non-hydrogen) atoms. The summed E-state index contributed by atoms with van der Waals surface area (Å²) in [7, 11) is 1.91. The van der Waals surface area contributed by atoms with E-state index in [2.05, 4.69) is 29.4 Å². The van der Waals surface area contributed by atoms with Gasteiger partial charge in [0.05, 0.1) is 17.6 Å². The average molecular weight is 223 g/mol. The minimum atomic E-state index is 0.712. The number of benzene rings is 2. The summed E-state index contributed by atoms with van der Waals surface area (Å²) in [4.78, 5) is 0. The monoisotopic (exact) mass is 223 g/mol. The van der Waals surface area contributed by atoms with Crippen LogP contribution >= 0.6 is 0 Å². The van der Waals surface area contributed by atoms with Crippen molar-refractivity contribution in [1.29, 1.82) is 0 Å². The van der Waals surface area contributed by atoms with Crippen LogP contribution in [0.3, 0.4) is 0 Å². The highest BCUT2D eigenvalue weighted by atomic mass is 15.3. The van der Waals surface area contributed by atoms with Crippen LogP contribution in [0.5, 0.6) is 0 Å². The Hall–Kier alpha value is -2.29. The molecule has 0 aliphatic rings. The van der Waals surface area contributed by atoms with Gasteiger partial charge in [0.25, 0.3) is 0 Å². The molecule has 0 amide bonds. The van der Waals surface area contributed by atoms with Crippen molar-refractivity contribution in [3.63, 3.8) is 0 Å². The molecule has 3 rings (SSSR count). The molecule has 0 aliphatic carbocycles. The number of hydrogen-bond donors (Lipinski definition) is 1. The molecule has 2 N–H and O–H groups in total. The molecule has 0 saturated carbocycles. The van der Waals surface area contributed by atoms with Gasteiger partial charge in [-0.25, -0.2) is 0 Å². The average Bonchev–Trinajstić information content (AvgIpc) is 2.69. The Morgan fingerprint density at radius 1 is 1.06 bits per heavy atom. The van der Waals surface area contributed by atoms with Crippen LogP contribution in [0.15, 0.2) is 48.7 Å². The Morgan fingerprint density at radius 2 is 1.82 bits per heavy atom. The Kier molecular flexibility index (Phi) is 2.11. The number of nitrogens with zero attached hydrogens (tertiary/aromatic N) is 2. The SMILES string of the molecule is Cn1ncc(N)c1-c1cccc2ccccc12. The molecular weight excluding hydrogens is 210 g/mol. The van der Waals surface area contributed by atoms with E-state index >= 15 is 0 Å². The lowest BCUT2D eigenvalue weighted by atomic mass is 10.0. The van der Waals surface area contributed by atoms with Crippen molar-refractivity contribution in [2.24, 2.45) is 7.05 Å². The van der Waals surface area contributed by atoms with Gasteiger partial charge in [0, 0.05) is 12.6 Å². The molecular formula is C14H13N3. The number of fused-ring (bicyclic) bond motifs is 1. The highest BCUT2D eigenvalue weighted by Crippen LogP contribution is 2.31. The first-order valence-corrected chi connectivity index (χ1v) is 5.53. The number of rotatable bonds is 1. The maximum absolute atomic E-state index is 5.98. The lowest BCUT2D eigenvalue weighted by Gasteiger charge is -2.08. The predicted octanol–water partition coefficient (Wildman–Crippen LogP) is 2.82. The highest BCUT2D eigenvalue weighted by molar-refractivity contribution is 5.98. The summed E-state index contributed by atoms with van der Waals surface area (Å²) in [5.74, 6) is 0. The fourth-order valence-electron chi connectivity index (χ4n) is 2.22. The molecule has 0 aliphatic heterocycles. The van der Waals surface area contributed by atoms with Gasteiger partial charge in [-0.3, -0.25) is 4.68 Å². The Balaban J connectivity index is 2.38. The van der Waals surface area contributed by atoms with E-state index in [9.17, 15) is 0 Å². The van der Waals surface area contributed by atoms with E-state index < -0.39 is 0 Å². The summed E-state index contributed by atoms with van der Waals surface area (Å²) < 4.78 is 1.82. The molecule has 0 fully saturated rings. The van der Waals surface area contributed by atoms with Gasteiger partial charge < -0.3 is 5.73 Å². The number of anilines is 1. The van der Waals surface area contributed by atoms with E-state index in [1.165, 1.54) is 10.8 Å². The Labute approximate surface area is 99.5 Å². The molecule has 3 nitrogen and oxygen atoms in total. The van der Waals surface area contributed by atoms with Gasteiger partial charge in [0.15, 0.2) is 0 Å². The first-order valence-electron chi connectivity index (χ1n) is 5.53. The molecule has 3 aromatic rings. The summed E-state index contributed by atoms with van der Waals surface area (Å²) in [5, 5.41) is 6.60. The summed E-state index contributed by atoms with van der Waals surface area (Å²) in [5.41, 5.74) is 8.79. The summed E-state index contributed by atoms with van der Waals surface area (Å²) in [6.07, 6.45) is 1.69. The minimum absolute atomic E-state index is 0.712. The van der Waals surface area contributed by atoms with Crippen LogP contribution in [0, 0.1) is 0 Å². The zero-order valence-electron chi connectivity index (χ0n) is 9.59. The zero-order chi connectivity index (χ0) is 11.8. The summed E-state index contributed by atoms with van der Waals surface area (Å²) in [6, 6.07) is 14.5. The molecule has 0 spiro atoms. The lowest BCUT2D eigenvalue weighted by molar-refractivity contribution is 0.776. The van der Waals surface area contributed by atoms with Gasteiger partial charge in [-0.05, 0) is 10.8 Å².